The predicted molar refractivity (Wildman–Crippen MR) is 33.6 cm³/mol. The molecule has 0 aromatic carbocycles. The minimum Gasteiger partial charge on any atom is -0.465 e. The fourth-order valence-electron chi connectivity index (χ4n) is 0.470. The van der Waals surface area contributed by atoms with Crippen LogP contribution in [-0.4, -0.2) is 35.7 Å². The molecule has 0 saturated heterocycles. The lowest BCUT2D eigenvalue weighted by Gasteiger charge is -2.16. The third-order valence-corrected chi connectivity index (χ3v) is 1.02. The molecule has 0 aromatic heterocycles. The molecule has 0 aliphatic rings. The highest BCUT2D eigenvalue weighted by molar-refractivity contribution is 5.64. The lowest BCUT2D eigenvalue weighted by atomic mass is 10.3. The molecular weight excluding hydrogens is 138 g/mol. The summed E-state index contributed by atoms with van der Waals surface area (Å²) in [5.41, 5.74) is 0. The summed E-state index contributed by atoms with van der Waals surface area (Å²) in [7, 11) is 1.30. The molecule has 0 aliphatic carbocycles. The topological polar surface area (TPSA) is 78.8 Å². The molecular formula is C5H11NO4. The third kappa shape index (κ3) is 3.26. The maximum Gasteiger partial charge on any atom is 0.405 e. The van der Waals surface area contributed by atoms with Crippen LogP contribution in [0.1, 0.15) is 6.92 Å². The van der Waals surface area contributed by atoms with Gasteiger partial charge >= 0.3 is 6.09 Å². The second-order valence-corrected chi connectivity index (χ2v) is 1.86. The highest BCUT2D eigenvalue weighted by Gasteiger charge is 2.13. The zero-order chi connectivity index (χ0) is 8.15. The number of carbonyl (C=O) groups is 1. The van der Waals surface area contributed by atoms with Crippen LogP contribution in [0.3, 0.4) is 0 Å². The summed E-state index contributed by atoms with van der Waals surface area (Å²) in [6.45, 7) is 1.50. The van der Waals surface area contributed by atoms with E-state index in [1.165, 1.54) is 14.0 Å². The van der Waals surface area contributed by atoms with Crippen LogP contribution in [0, 0.1) is 0 Å². The van der Waals surface area contributed by atoms with Gasteiger partial charge in [0.15, 0.2) is 6.29 Å². The molecule has 2 atom stereocenters. The number of hydrogen-bond acceptors (Lipinski definition) is 3. The van der Waals surface area contributed by atoms with Gasteiger partial charge in [-0.3, -0.25) is 0 Å². The fraction of sp³-hybridized carbons (Fsp3) is 0.800. The maximum absolute atomic E-state index is 9.95. The Morgan fingerprint density at radius 2 is 2.20 bits per heavy atom. The zero-order valence-electron chi connectivity index (χ0n) is 5.87. The first-order valence-electron chi connectivity index (χ1n) is 2.78. The van der Waals surface area contributed by atoms with Gasteiger partial charge in [0.05, 0.1) is 6.04 Å². The van der Waals surface area contributed by atoms with Crippen molar-refractivity contribution in [2.75, 3.05) is 7.11 Å². The van der Waals surface area contributed by atoms with Gasteiger partial charge in [0.1, 0.15) is 0 Å². The Morgan fingerprint density at radius 1 is 1.70 bits per heavy atom. The Kier molecular flexibility index (Phi) is 3.75. The van der Waals surface area contributed by atoms with E-state index < -0.39 is 18.4 Å². The summed E-state index contributed by atoms with van der Waals surface area (Å²) in [4.78, 5) is 9.95. The van der Waals surface area contributed by atoms with Gasteiger partial charge in [0, 0.05) is 7.11 Å². The fourth-order valence-corrected chi connectivity index (χ4v) is 0.470. The van der Waals surface area contributed by atoms with E-state index in [2.05, 4.69) is 4.74 Å². The Morgan fingerprint density at radius 3 is 2.50 bits per heavy atom. The smallest absolute Gasteiger partial charge is 0.405 e. The van der Waals surface area contributed by atoms with Crippen LogP contribution >= 0.6 is 0 Å². The molecule has 0 saturated carbocycles. The monoisotopic (exact) mass is 149 g/mol. The van der Waals surface area contributed by atoms with Gasteiger partial charge in [-0.05, 0) is 6.92 Å². The largest absolute Gasteiger partial charge is 0.465 e. The van der Waals surface area contributed by atoms with Crippen molar-refractivity contribution < 1.29 is 19.7 Å². The van der Waals surface area contributed by atoms with Crippen molar-refractivity contribution in [3.8, 4) is 0 Å². The van der Waals surface area contributed by atoms with Crippen molar-refractivity contribution in [2.45, 2.75) is 19.3 Å². The molecule has 5 heteroatoms. The van der Waals surface area contributed by atoms with Gasteiger partial charge in [-0.2, -0.15) is 0 Å². The molecule has 3 N–H and O–H groups in total. The van der Waals surface area contributed by atoms with E-state index in [4.69, 9.17) is 10.2 Å². The first-order valence-corrected chi connectivity index (χ1v) is 2.78. The van der Waals surface area contributed by atoms with E-state index in [1.807, 2.05) is 5.32 Å². The van der Waals surface area contributed by atoms with Crippen molar-refractivity contribution in [3.05, 3.63) is 0 Å². The van der Waals surface area contributed by atoms with Gasteiger partial charge < -0.3 is 20.3 Å². The standard InChI is InChI=1S/C5H11NO4/c1-3(4(7)10-2)6-5(8)9/h3-4,6-7H,1-2H3,(H,8,9). The molecule has 0 heterocycles. The first-order chi connectivity index (χ1) is 4.57. The van der Waals surface area contributed by atoms with Crippen molar-refractivity contribution >= 4 is 6.09 Å². The molecule has 10 heavy (non-hydrogen) atoms. The second-order valence-electron chi connectivity index (χ2n) is 1.86. The number of methoxy groups -OCH3 is 1. The molecule has 0 bridgehead atoms. The average molecular weight is 149 g/mol. The molecule has 0 aromatic rings. The van der Waals surface area contributed by atoms with Crippen molar-refractivity contribution in [1.29, 1.82) is 0 Å². The van der Waals surface area contributed by atoms with Crippen LogP contribution in [0.15, 0.2) is 0 Å². The molecule has 0 aliphatic heterocycles. The summed E-state index contributed by atoms with van der Waals surface area (Å²) >= 11 is 0. The Bertz CT molecular complexity index is 116. The Balaban J connectivity index is 3.61. The van der Waals surface area contributed by atoms with Crippen LogP contribution in [0.4, 0.5) is 4.79 Å². The highest BCUT2D eigenvalue weighted by atomic mass is 16.6. The van der Waals surface area contributed by atoms with E-state index in [0.717, 1.165) is 0 Å². The van der Waals surface area contributed by atoms with Crippen LogP contribution in [0.25, 0.3) is 0 Å². The van der Waals surface area contributed by atoms with E-state index >= 15 is 0 Å². The minimum absolute atomic E-state index is 0.609. The predicted octanol–water partition coefficient (Wildman–Crippen LogP) is -0.393. The minimum atomic E-state index is -1.18. The van der Waals surface area contributed by atoms with Gasteiger partial charge in [-0.15, -0.1) is 0 Å². The molecule has 2 unspecified atom stereocenters. The number of amides is 1. The van der Waals surface area contributed by atoms with Crippen LogP contribution < -0.4 is 5.32 Å². The molecule has 0 radical (unpaired) electrons. The number of carboxylic acid groups (broad SMARTS) is 1. The maximum atomic E-state index is 9.95. The van der Waals surface area contributed by atoms with Crippen molar-refractivity contribution in [3.63, 3.8) is 0 Å². The van der Waals surface area contributed by atoms with E-state index in [1.54, 1.807) is 0 Å². The Labute approximate surface area is 58.6 Å². The summed E-state index contributed by atoms with van der Waals surface area (Å²) in [5, 5.41) is 19.0. The lowest BCUT2D eigenvalue weighted by Crippen LogP contribution is -2.41. The number of hydrogen-bond donors (Lipinski definition) is 3. The van der Waals surface area contributed by atoms with Crippen molar-refractivity contribution in [2.24, 2.45) is 0 Å². The number of ether oxygens (including phenoxy) is 1. The second kappa shape index (κ2) is 4.08. The quantitative estimate of drug-likeness (QED) is 0.477. The SMILES string of the molecule is COC(O)C(C)NC(=O)O. The van der Waals surface area contributed by atoms with Crippen molar-refractivity contribution in [1.82, 2.24) is 5.32 Å². The van der Waals surface area contributed by atoms with Crippen LogP contribution in [-0.2, 0) is 4.74 Å². The molecule has 5 nitrogen and oxygen atoms in total. The number of aliphatic hydroxyl groups is 1. The molecule has 0 spiro atoms. The van der Waals surface area contributed by atoms with Gasteiger partial charge in [-0.25, -0.2) is 4.79 Å². The number of rotatable bonds is 3. The molecule has 1 amide bonds. The van der Waals surface area contributed by atoms with Gasteiger partial charge in [-0.1, -0.05) is 0 Å². The molecule has 0 rings (SSSR count). The number of nitrogens with one attached hydrogen (secondary N) is 1. The summed E-state index contributed by atoms with van der Waals surface area (Å²) < 4.78 is 4.44. The molecule has 0 fully saturated rings. The summed E-state index contributed by atoms with van der Waals surface area (Å²) in [6, 6.07) is -0.609. The Hall–Kier alpha value is -0.810. The van der Waals surface area contributed by atoms with E-state index in [0.29, 0.717) is 0 Å². The van der Waals surface area contributed by atoms with E-state index in [-0.39, 0.29) is 0 Å². The summed E-state index contributed by atoms with van der Waals surface area (Å²) in [6.07, 6.45) is -2.26. The third-order valence-electron chi connectivity index (χ3n) is 1.02. The number of aliphatic hydroxyl groups excluding tert-OH is 1. The molecule has 60 valence electrons. The highest BCUT2D eigenvalue weighted by Crippen LogP contribution is 1.91. The van der Waals surface area contributed by atoms with Gasteiger partial charge in [0.25, 0.3) is 0 Å². The normalized spacial score (nSPS) is 15.9. The lowest BCUT2D eigenvalue weighted by molar-refractivity contribution is -0.0915. The average Bonchev–Trinajstić information content (AvgIpc) is 1.85. The van der Waals surface area contributed by atoms with E-state index in [9.17, 15) is 4.79 Å². The van der Waals surface area contributed by atoms with Crippen LogP contribution in [0.2, 0.25) is 0 Å². The summed E-state index contributed by atoms with van der Waals surface area (Å²) in [5.74, 6) is 0. The zero-order valence-corrected chi connectivity index (χ0v) is 5.87. The van der Waals surface area contributed by atoms with Crippen LogP contribution in [0.5, 0.6) is 0 Å². The first kappa shape index (κ1) is 9.19. The van der Waals surface area contributed by atoms with Gasteiger partial charge in [0.2, 0.25) is 0 Å².